The summed E-state index contributed by atoms with van der Waals surface area (Å²) in [6.07, 6.45) is 0. The van der Waals surface area contributed by atoms with Crippen LogP contribution in [-0.2, 0) is 6.54 Å². The smallest absolute Gasteiger partial charge is 0.164 e. The first kappa shape index (κ1) is 17.6. The highest BCUT2D eigenvalue weighted by Gasteiger charge is 2.13. The summed E-state index contributed by atoms with van der Waals surface area (Å²) < 4.78 is 17.2. The molecule has 1 N–H and O–H groups in total. The molecule has 0 bridgehead atoms. The van der Waals surface area contributed by atoms with Crippen LogP contribution in [0, 0.1) is 0 Å². The molecule has 0 aliphatic heterocycles. The summed E-state index contributed by atoms with van der Waals surface area (Å²) in [5.41, 5.74) is 2.25. The van der Waals surface area contributed by atoms with Crippen molar-refractivity contribution in [2.24, 2.45) is 0 Å². The zero-order valence-electron chi connectivity index (χ0n) is 13.9. The second kappa shape index (κ2) is 8.22. The van der Waals surface area contributed by atoms with Crippen molar-refractivity contribution < 1.29 is 14.2 Å². The highest BCUT2D eigenvalue weighted by molar-refractivity contribution is 9.10. The third-order valence-corrected chi connectivity index (χ3v) is 4.28. The summed E-state index contributed by atoms with van der Waals surface area (Å²) in [6.45, 7) is 2.80. The maximum absolute atomic E-state index is 5.46. The lowest BCUT2D eigenvalue weighted by molar-refractivity contribution is 0.346. The Balaban J connectivity index is 2.14. The Morgan fingerprint density at radius 3 is 2.04 bits per heavy atom. The molecule has 1 atom stereocenters. The first-order chi connectivity index (χ1) is 11.1. The van der Waals surface area contributed by atoms with E-state index in [4.69, 9.17) is 14.2 Å². The monoisotopic (exact) mass is 379 g/mol. The summed E-state index contributed by atoms with van der Waals surface area (Å²) in [4.78, 5) is 0. The van der Waals surface area contributed by atoms with Gasteiger partial charge in [-0.05, 0) is 30.7 Å². The lowest BCUT2D eigenvalue weighted by atomic mass is 10.1. The van der Waals surface area contributed by atoms with Crippen molar-refractivity contribution >= 4 is 15.9 Å². The first-order valence-electron chi connectivity index (χ1n) is 7.36. The van der Waals surface area contributed by atoms with Crippen LogP contribution in [0.4, 0.5) is 0 Å². The number of rotatable bonds is 7. The molecule has 2 rings (SSSR count). The summed E-state index contributed by atoms with van der Waals surface area (Å²) in [5.74, 6) is 2.13. The van der Waals surface area contributed by atoms with Gasteiger partial charge in [0.05, 0.1) is 21.3 Å². The van der Waals surface area contributed by atoms with Crippen molar-refractivity contribution in [2.75, 3.05) is 21.3 Å². The molecule has 5 heteroatoms. The fourth-order valence-electron chi connectivity index (χ4n) is 2.36. The van der Waals surface area contributed by atoms with E-state index in [0.29, 0.717) is 18.0 Å². The summed E-state index contributed by atoms with van der Waals surface area (Å²) in [7, 11) is 4.90. The van der Waals surface area contributed by atoms with E-state index >= 15 is 0 Å². The van der Waals surface area contributed by atoms with Gasteiger partial charge in [0.2, 0.25) is 0 Å². The van der Waals surface area contributed by atoms with E-state index in [0.717, 1.165) is 15.8 Å². The molecule has 2 aromatic rings. The SMILES string of the molecule is COc1cc(OC)c(OC)cc1CNC(C)c1ccc(Br)cc1. The Morgan fingerprint density at radius 1 is 0.913 bits per heavy atom. The fraction of sp³-hybridized carbons (Fsp3) is 0.333. The van der Waals surface area contributed by atoms with E-state index in [1.807, 2.05) is 24.3 Å². The molecular formula is C18H22BrNO3. The van der Waals surface area contributed by atoms with E-state index < -0.39 is 0 Å². The van der Waals surface area contributed by atoms with Crippen LogP contribution >= 0.6 is 15.9 Å². The maximum Gasteiger partial charge on any atom is 0.164 e. The molecule has 23 heavy (non-hydrogen) atoms. The minimum Gasteiger partial charge on any atom is -0.496 e. The van der Waals surface area contributed by atoms with Crippen LogP contribution in [0.25, 0.3) is 0 Å². The molecule has 0 radical (unpaired) electrons. The zero-order valence-corrected chi connectivity index (χ0v) is 15.4. The summed E-state index contributed by atoms with van der Waals surface area (Å²) >= 11 is 3.46. The molecule has 0 fully saturated rings. The number of benzene rings is 2. The van der Waals surface area contributed by atoms with Gasteiger partial charge in [-0.15, -0.1) is 0 Å². The summed E-state index contributed by atoms with van der Waals surface area (Å²) in [5, 5.41) is 3.51. The predicted molar refractivity (Wildman–Crippen MR) is 95.5 cm³/mol. The molecule has 0 heterocycles. The van der Waals surface area contributed by atoms with Gasteiger partial charge in [-0.1, -0.05) is 28.1 Å². The average molecular weight is 380 g/mol. The third kappa shape index (κ3) is 4.39. The van der Waals surface area contributed by atoms with Gasteiger partial charge in [-0.2, -0.15) is 0 Å². The van der Waals surface area contributed by atoms with Crippen LogP contribution in [0.2, 0.25) is 0 Å². The van der Waals surface area contributed by atoms with Crippen molar-refractivity contribution in [1.29, 1.82) is 0 Å². The Kier molecular flexibility index (Phi) is 6.30. The molecule has 0 aliphatic carbocycles. The average Bonchev–Trinajstić information content (AvgIpc) is 2.59. The van der Waals surface area contributed by atoms with Gasteiger partial charge >= 0.3 is 0 Å². The quantitative estimate of drug-likeness (QED) is 0.777. The van der Waals surface area contributed by atoms with Crippen LogP contribution in [-0.4, -0.2) is 21.3 Å². The van der Waals surface area contributed by atoms with Crippen molar-refractivity contribution in [1.82, 2.24) is 5.32 Å². The lowest BCUT2D eigenvalue weighted by Gasteiger charge is -2.18. The van der Waals surface area contributed by atoms with Gasteiger partial charge in [0, 0.05) is 28.7 Å². The lowest BCUT2D eigenvalue weighted by Crippen LogP contribution is -2.18. The van der Waals surface area contributed by atoms with Gasteiger partial charge in [-0.25, -0.2) is 0 Å². The third-order valence-electron chi connectivity index (χ3n) is 3.76. The molecule has 0 aliphatic rings. The van der Waals surface area contributed by atoms with Crippen LogP contribution in [0.15, 0.2) is 40.9 Å². The van der Waals surface area contributed by atoms with Gasteiger partial charge in [0.1, 0.15) is 5.75 Å². The molecule has 0 saturated heterocycles. The van der Waals surface area contributed by atoms with Crippen molar-refractivity contribution in [3.63, 3.8) is 0 Å². The standard InChI is InChI=1S/C18H22BrNO3/c1-12(13-5-7-15(19)8-6-13)20-11-14-9-17(22-3)18(23-4)10-16(14)21-2/h5-10,12,20H,11H2,1-4H3. The van der Waals surface area contributed by atoms with E-state index in [-0.39, 0.29) is 6.04 Å². The molecule has 0 aromatic heterocycles. The van der Waals surface area contributed by atoms with Crippen LogP contribution in [0.5, 0.6) is 17.2 Å². The minimum atomic E-state index is 0.223. The molecule has 2 aromatic carbocycles. The highest BCUT2D eigenvalue weighted by Crippen LogP contribution is 2.34. The molecule has 0 spiro atoms. The number of methoxy groups -OCH3 is 3. The number of hydrogen-bond acceptors (Lipinski definition) is 4. The predicted octanol–water partition coefficient (Wildman–Crippen LogP) is 4.33. The minimum absolute atomic E-state index is 0.223. The van der Waals surface area contributed by atoms with Gasteiger partial charge in [-0.3, -0.25) is 0 Å². The van der Waals surface area contributed by atoms with Crippen molar-refractivity contribution in [2.45, 2.75) is 19.5 Å². The summed E-state index contributed by atoms with van der Waals surface area (Å²) in [6, 6.07) is 12.3. The molecule has 0 amide bonds. The van der Waals surface area contributed by atoms with Gasteiger partial charge < -0.3 is 19.5 Å². The molecular weight excluding hydrogens is 358 g/mol. The number of ether oxygens (including phenoxy) is 3. The molecule has 0 saturated carbocycles. The Morgan fingerprint density at radius 2 is 1.48 bits per heavy atom. The Labute approximate surface area is 145 Å². The Hall–Kier alpha value is -1.72. The van der Waals surface area contributed by atoms with Crippen molar-refractivity contribution in [3.05, 3.63) is 52.0 Å². The first-order valence-corrected chi connectivity index (χ1v) is 8.16. The number of hydrogen-bond donors (Lipinski definition) is 1. The largest absolute Gasteiger partial charge is 0.496 e. The van der Waals surface area contributed by atoms with Crippen LogP contribution < -0.4 is 19.5 Å². The Bertz CT molecular complexity index is 643. The topological polar surface area (TPSA) is 39.7 Å². The highest BCUT2D eigenvalue weighted by atomic mass is 79.9. The van der Waals surface area contributed by atoms with Crippen molar-refractivity contribution in [3.8, 4) is 17.2 Å². The van der Waals surface area contributed by atoms with Gasteiger partial charge in [0.15, 0.2) is 11.5 Å². The van der Waals surface area contributed by atoms with E-state index in [2.05, 4.69) is 40.3 Å². The second-order valence-electron chi connectivity index (χ2n) is 5.17. The normalized spacial score (nSPS) is 11.9. The second-order valence-corrected chi connectivity index (χ2v) is 6.09. The van der Waals surface area contributed by atoms with Crippen LogP contribution in [0.3, 0.4) is 0 Å². The number of halogens is 1. The van der Waals surface area contributed by atoms with Crippen LogP contribution in [0.1, 0.15) is 24.1 Å². The van der Waals surface area contributed by atoms with Gasteiger partial charge in [0.25, 0.3) is 0 Å². The molecule has 4 nitrogen and oxygen atoms in total. The molecule has 1 unspecified atom stereocenters. The molecule has 124 valence electrons. The zero-order chi connectivity index (χ0) is 16.8. The van der Waals surface area contributed by atoms with E-state index in [1.54, 1.807) is 21.3 Å². The number of nitrogens with one attached hydrogen (secondary N) is 1. The maximum atomic E-state index is 5.46. The van der Waals surface area contributed by atoms with E-state index in [1.165, 1.54) is 5.56 Å². The van der Waals surface area contributed by atoms with E-state index in [9.17, 15) is 0 Å². The fourth-order valence-corrected chi connectivity index (χ4v) is 2.63.